The van der Waals surface area contributed by atoms with Crippen LogP contribution in [-0.4, -0.2) is 48.9 Å². The zero-order valence-corrected chi connectivity index (χ0v) is 26.8. The highest BCUT2D eigenvalue weighted by Crippen LogP contribution is 2.41. The number of rotatable bonds is 2. The van der Waals surface area contributed by atoms with Crippen molar-refractivity contribution in [2.45, 2.75) is 69.3 Å². The highest BCUT2D eigenvalue weighted by atomic mass is 35.5. The summed E-state index contributed by atoms with van der Waals surface area (Å²) in [5, 5.41) is 11.0. The number of fused-ring (bicyclic) bond motifs is 3. The van der Waals surface area contributed by atoms with E-state index >= 15 is 0 Å². The van der Waals surface area contributed by atoms with Crippen molar-refractivity contribution in [3.63, 3.8) is 0 Å². The molecule has 2 aromatic carbocycles. The fourth-order valence-electron chi connectivity index (χ4n) is 6.68. The number of aromatic nitrogens is 1. The van der Waals surface area contributed by atoms with Gasteiger partial charge in [-0.25, -0.2) is 13.1 Å². The van der Waals surface area contributed by atoms with Crippen LogP contribution in [0.4, 0.5) is 5.69 Å². The Balaban J connectivity index is 1.36. The molecule has 1 saturated carbocycles. The third-order valence-electron chi connectivity index (χ3n) is 9.43. The Bertz CT molecular complexity index is 1650. The minimum Gasteiger partial charge on any atom is -0.487 e. The smallest absolute Gasteiger partial charge is 0.264 e. The van der Waals surface area contributed by atoms with Gasteiger partial charge in [0, 0.05) is 42.0 Å². The monoisotopic (exact) mass is 649 g/mol. The molecule has 3 aromatic rings. The average Bonchev–Trinajstić information content (AvgIpc) is 3.03. The quantitative estimate of drug-likeness (QED) is 0.335. The summed E-state index contributed by atoms with van der Waals surface area (Å²) >= 11 is 6.32. The summed E-state index contributed by atoms with van der Waals surface area (Å²) in [5.74, 6) is 0.351. The molecule has 0 radical (unpaired) electrons. The zero-order chi connectivity index (χ0) is 31.4. The van der Waals surface area contributed by atoms with Crippen molar-refractivity contribution in [1.29, 1.82) is 0 Å². The number of hydrogen-bond acceptors (Lipinski definition) is 7. The molecule has 0 unspecified atom stereocenters. The number of amides is 1. The third kappa shape index (κ3) is 7.54. The van der Waals surface area contributed by atoms with Crippen LogP contribution in [0.25, 0.3) is 0 Å². The summed E-state index contributed by atoms with van der Waals surface area (Å²) in [4.78, 5) is 20.2. The van der Waals surface area contributed by atoms with Gasteiger partial charge in [0.2, 0.25) is 10.0 Å². The number of nitrogens with one attached hydrogen (secondary N) is 1. The predicted octanol–water partition coefficient (Wildman–Crippen LogP) is 5.86. The summed E-state index contributed by atoms with van der Waals surface area (Å²) in [7, 11) is -4.06. The number of nitrogens with zero attached hydrogens (tertiary/aromatic N) is 2. The number of pyridine rings is 1. The summed E-state index contributed by atoms with van der Waals surface area (Å²) in [6.45, 7) is 1.79. The van der Waals surface area contributed by atoms with Gasteiger partial charge in [-0.3, -0.25) is 9.78 Å². The van der Waals surface area contributed by atoms with E-state index in [4.69, 9.17) is 16.3 Å². The van der Waals surface area contributed by atoms with E-state index in [0.29, 0.717) is 36.0 Å². The van der Waals surface area contributed by atoms with Crippen LogP contribution in [0, 0.1) is 11.8 Å². The van der Waals surface area contributed by atoms with Gasteiger partial charge in [-0.05, 0) is 110 Å². The molecule has 2 bridgehead atoms. The first kappa shape index (κ1) is 31.6. The van der Waals surface area contributed by atoms with E-state index in [0.717, 1.165) is 49.9 Å². The van der Waals surface area contributed by atoms with Gasteiger partial charge in [-0.1, -0.05) is 35.9 Å². The summed E-state index contributed by atoms with van der Waals surface area (Å²) in [5.41, 5.74) is 3.87. The summed E-state index contributed by atoms with van der Waals surface area (Å²) < 4.78 is 36.1. The maximum absolute atomic E-state index is 13.7. The largest absolute Gasteiger partial charge is 0.487 e. The van der Waals surface area contributed by atoms with Crippen molar-refractivity contribution in [3.8, 4) is 5.75 Å². The molecule has 2 aliphatic heterocycles. The normalized spacial score (nSPS) is 26.1. The molecule has 1 fully saturated rings. The Morgan fingerprint density at radius 2 is 1.93 bits per heavy atom. The van der Waals surface area contributed by atoms with Crippen LogP contribution in [0.3, 0.4) is 0 Å². The molecule has 0 spiro atoms. The van der Waals surface area contributed by atoms with E-state index in [1.54, 1.807) is 36.5 Å². The first-order valence-corrected chi connectivity index (χ1v) is 17.8. The lowest BCUT2D eigenvalue weighted by Crippen LogP contribution is -2.43. The van der Waals surface area contributed by atoms with E-state index < -0.39 is 27.3 Å². The standard InChI is InChI=1S/C35H40ClN3O5S/c36-28-14-11-27-23-44-34-16-13-25-20-32(34)39(18-6-4-7-24(27)19-28)22-26-12-15-31(26)33(40)10-2-1-9-30(45(42,43)38-35(25)41)21-29-8-3-5-17-37-29/h2-3,5,8,10-11,13-14,16-17,19-20,26,30-31,33,40H,1,4,6-7,9,12,15,18,21-23H2,(H,38,41)/b10-2+/t26-,30+,31+,33-/m0/s1. The molecule has 3 aliphatic rings. The topological polar surface area (TPSA) is 109 Å². The zero-order valence-electron chi connectivity index (χ0n) is 25.3. The van der Waals surface area contributed by atoms with Crippen molar-refractivity contribution in [2.75, 3.05) is 18.0 Å². The van der Waals surface area contributed by atoms with Crippen molar-refractivity contribution in [2.24, 2.45) is 11.8 Å². The van der Waals surface area contributed by atoms with Gasteiger partial charge in [-0.15, -0.1) is 0 Å². The second-order valence-corrected chi connectivity index (χ2v) is 14.8. The van der Waals surface area contributed by atoms with Gasteiger partial charge in [0.1, 0.15) is 12.4 Å². The number of benzene rings is 2. The van der Waals surface area contributed by atoms with E-state index in [-0.39, 0.29) is 30.2 Å². The van der Waals surface area contributed by atoms with Gasteiger partial charge < -0.3 is 14.7 Å². The Kier molecular flexibility index (Phi) is 9.78. The summed E-state index contributed by atoms with van der Waals surface area (Å²) in [6, 6.07) is 16.4. The number of carbonyl (C=O) groups is 1. The minimum atomic E-state index is -4.06. The maximum Gasteiger partial charge on any atom is 0.264 e. The van der Waals surface area contributed by atoms with Gasteiger partial charge >= 0.3 is 0 Å². The first-order valence-electron chi connectivity index (χ1n) is 15.9. The Morgan fingerprint density at radius 1 is 1.04 bits per heavy atom. The Morgan fingerprint density at radius 3 is 2.73 bits per heavy atom. The van der Waals surface area contributed by atoms with Crippen LogP contribution in [0.1, 0.15) is 65.7 Å². The predicted molar refractivity (Wildman–Crippen MR) is 176 cm³/mol. The number of allylic oxidation sites excluding steroid dienone is 1. The molecule has 4 atom stereocenters. The maximum atomic E-state index is 13.7. The van der Waals surface area contributed by atoms with Crippen LogP contribution in [0.5, 0.6) is 5.75 Å². The molecule has 1 aliphatic carbocycles. The molecule has 238 valence electrons. The summed E-state index contributed by atoms with van der Waals surface area (Å²) in [6.07, 6.45) is 10.3. The van der Waals surface area contributed by atoms with Crippen LogP contribution >= 0.6 is 11.6 Å². The van der Waals surface area contributed by atoms with E-state index in [1.807, 2.05) is 36.4 Å². The van der Waals surface area contributed by atoms with Crippen LogP contribution in [0.2, 0.25) is 5.02 Å². The number of sulfonamides is 1. The second-order valence-electron chi connectivity index (χ2n) is 12.4. The number of halogens is 1. The molecule has 45 heavy (non-hydrogen) atoms. The highest BCUT2D eigenvalue weighted by molar-refractivity contribution is 7.90. The Labute approximate surface area is 270 Å². The molecular weight excluding hydrogens is 610 g/mol. The van der Waals surface area contributed by atoms with Gasteiger partial charge in [-0.2, -0.15) is 0 Å². The van der Waals surface area contributed by atoms with Gasteiger partial charge in [0.15, 0.2) is 0 Å². The molecule has 1 aromatic heterocycles. The fraction of sp³-hybridized carbons (Fsp3) is 0.429. The molecule has 6 rings (SSSR count). The second kappa shape index (κ2) is 13.9. The fourth-order valence-corrected chi connectivity index (χ4v) is 8.26. The number of carbonyl (C=O) groups excluding carboxylic acids is 1. The average molecular weight is 650 g/mol. The van der Waals surface area contributed by atoms with Crippen molar-refractivity contribution >= 4 is 33.2 Å². The van der Waals surface area contributed by atoms with Crippen molar-refractivity contribution < 1.29 is 23.1 Å². The Hall–Kier alpha value is -3.40. The van der Waals surface area contributed by atoms with Crippen molar-refractivity contribution in [3.05, 3.63) is 100 Å². The van der Waals surface area contributed by atoms with E-state index in [1.165, 1.54) is 5.56 Å². The molecule has 8 nitrogen and oxygen atoms in total. The number of ether oxygens (including phenoxy) is 1. The molecular formula is C35H40ClN3O5S. The number of hydrogen-bond donors (Lipinski definition) is 2. The number of aryl methyl sites for hydroxylation is 1. The lowest BCUT2D eigenvalue weighted by Gasteiger charge is -2.42. The lowest BCUT2D eigenvalue weighted by molar-refractivity contribution is 0.0461. The van der Waals surface area contributed by atoms with Gasteiger partial charge in [0.25, 0.3) is 5.91 Å². The number of aliphatic hydroxyl groups is 1. The van der Waals surface area contributed by atoms with Crippen LogP contribution in [0.15, 0.2) is 72.9 Å². The minimum absolute atomic E-state index is 0.114. The van der Waals surface area contributed by atoms with Crippen molar-refractivity contribution in [1.82, 2.24) is 9.71 Å². The van der Waals surface area contributed by atoms with E-state index in [2.05, 4.69) is 14.6 Å². The first-order chi connectivity index (χ1) is 21.8. The van der Waals surface area contributed by atoms with Crippen LogP contribution < -0.4 is 14.4 Å². The van der Waals surface area contributed by atoms with Crippen LogP contribution in [-0.2, 0) is 29.5 Å². The number of aliphatic hydroxyl groups excluding tert-OH is 1. The van der Waals surface area contributed by atoms with E-state index in [9.17, 15) is 18.3 Å². The third-order valence-corrected chi connectivity index (χ3v) is 11.4. The lowest BCUT2D eigenvalue weighted by atomic mass is 9.70. The molecule has 3 heterocycles. The SMILES string of the molecule is O=C1NS(=O)(=O)[C@@H](Cc2ccccn2)CC/C=C/[C@H](O)[C@@H]2CC[C@H]2CN2CCCCc3cc(Cl)ccc3COc3ccc1cc32. The highest BCUT2D eigenvalue weighted by Gasteiger charge is 2.37. The molecule has 2 N–H and O–H groups in total. The molecule has 1 amide bonds. The molecule has 0 saturated heterocycles. The molecule has 10 heteroatoms. The number of anilines is 1. The van der Waals surface area contributed by atoms with Gasteiger partial charge in [0.05, 0.1) is 17.0 Å².